The van der Waals surface area contributed by atoms with Crippen molar-refractivity contribution in [2.24, 2.45) is 0 Å². The number of pyridine rings is 1. The molecule has 6 heteroatoms. The van der Waals surface area contributed by atoms with Crippen LogP contribution in [0.1, 0.15) is 32.4 Å². The van der Waals surface area contributed by atoms with Crippen molar-refractivity contribution < 1.29 is 19.0 Å². The lowest BCUT2D eigenvalue weighted by Crippen LogP contribution is -2.37. The maximum Gasteiger partial charge on any atom is 0.410 e. The van der Waals surface area contributed by atoms with Gasteiger partial charge in [-0.25, -0.2) is 4.79 Å². The summed E-state index contributed by atoms with van der Waals surface area (Å²) in [6.45, 7) is 5.82. The van der Waals surface area contributed by atoms with Gasteiger partial charge in [-0.2, -0.15) is 0 Å². The number of amides is 1. The van der Waals surface area contributed by atoms with Crippen LogP contribution in [0, 0.1) is 0 Å². The smallest absolute Gasteiger partial charge is 0.410 e. The van der Waals surface area contributed by atoms with Crippen molar-refractivity contribution in [3.8, 4) is 17.2 Å². The van der Waals surface area contributed by atoms with Crippen molar-refractivity contribution in [2.75, 3.05) is 13.6 Å². The molecule has 0 N–H and O–H groups in total. The zero-order valence-corrected chi connectivity index (χ0v) is 14.9. The molecule has 1 amide bonds. The van der Waals surface area contributed by atoms with Crippen LogP contribution in [0.15, 0.2) is 42.7 Å². The van der Waals surface area contributed by atoms with Crippen molar-refractivity contribution in [1.82, 2.24) is 9.88 Å². The van der Waals surface area contributed by atoms with E-state index in [1.54, 1.807) is 25.5 Å². The molecular weight excluding hydrogens is 320 g/mol. The van der Waals surface area contributed by atoms with Gasteiger partial charge in [0.05, 0.1) is 12.1 Å². The molecule has 3 rings (SSSR count). The van der Waals surface area contributed by atoms with E-state index in [-0.39, 0.29) is 0 Å². The number of fused-ring (bicyclic) bond motifs is 2. The van der Waals surface area contributed by atoms with Gasteiger partial charge in [-0.3, -0.25) is 4.98 Å². The van der Waals surface area contributed by atoms with Crippen molar-refractivity contribution in [3.05, 3.63) is 48.3 Å². The molecule has 0 aliphatic carbocycles. The molecule has 132 valence electrons. The normalized spacial score (nSPS) is 15.8. The van der Waals surface area contributed by atoms with E-state index in [4.69, 9.17) is 14.2 Å². The highest BCUT2D eigenvalue weighted by atomic mass is 16.6. The molecule has 0 saturated heterocycles. The fourth-order valence-electron chi connectivity index (χ4n) is 2.49. The van der Waals surface area contributed by atoms with Crippen LogP contribution >= 0.6 is 0 Å². The average Bonchev–Trinajstić information content (AvgIpc) is 2.69. The van der Waals surface area contributed by atoms with E-state index in [2.05, 4.69) is 4.98 Å². The molecule has 2 heterocycles. The second kappa shape index (κ2) is 6.63. The van der Waals surface area contributed by atoms with E-state index in [1.165, 1.54) is 4.90 Å². The van der Waals surface area contributed by atoms with Crippen molar-refractivity contribution in [2.45, 2.75) is 32.5 Å². The second-order valence-electron chi connectivity index (χ2n) is 6.93. The van der Waals surface area contributed by atoms with E-state index < -0.39 is 17.8 Å². The van der Waals surface area contributed by atoms with Crippen LogP contribution in [0.4, 0.5) is 4.79 Å². The van der Waals surface area contributed by atoms with Gasteiger partial charge in [-0.1, -0.05) is 12.1 Å². The quantitative estimate of drug-likeness (QED) is 0.819. The molecule has 0 radical (unpaired) electrons. The molecule has 25 heavy (non-hydrogen) atoms. The highest BCUT2D eigenvalue weighted by molar-refractivity contribution is 5.67. The Balaban J connectivity index is 1.86. The first-order chi connectivity index (χ1) is 11.8. The summed E-state index contributed by atoms with van der Waals surface area (Å²) >= 11 is 0. The first kappa shape index (κ1) is 17.1. The zero-order chi connectivity index (χ0) is 18.0. The fourth-order valence-corrected chi connectivity index (χ4v) is 2.49. The Morgan fingerprint density at radius 1 is 1.20 bits per heavy atom. The molecule has 1 aromatic heterocycles. The first-order valence-corrected chi connectivity index (χ1v) is 8.15. The number of likely N-dealkylation sites (N-methyl/N-ethyl adjacent to an activating group) is 1. The molecule has 6 nitrogen and oxygen atoms in total. The Kier molecular flexibility index (Phi) is 4.53. The Morgan fingerprint density at radius 2 is 1.92 bits per heavy atom. The van der Waals surface area contributed by atoms with Gasteiger partial charge in [0.25, 0.3) is 0 Å². The summed E-state index contributed by atoms with van der Waals surface area (Å²) in [6.07, 6.45) is 2.56. The summed E-state index contributed by atoms with van der Waals surface area (Å²) in [5.74, 6) is 1.93. The first-order valence-electron chi connectivity index (χ1n) is 8.15. The molecule has 0 spiro atoms. The van der Waals surface area contributed by atoms with E-state index in [0.29, 0.717) is 23.8 Å². The van der Waals surface area contributed by atoms with Gasteiger partial charge in [0.2, 0.25) is 0 Å². The number of hydrogen-bond donors (Lipinski definition) is 0. The van der Waals surface area contributed by atoms with E-state index >= 15 is 0 Å². The molecule has 0 saturated carbocycles. The lowest BCUT2D eigenvalue weighted by Gasteiger charge is -2.27. The minimum Gasteiger partial charge on any atom is -0.480 e. The standard InChI is InChI=1S/C19H22N2O4/c1-19(2,3)25-18(22)21(4)12-17-13-11-20-10-9-14(13)23-15-7-5-6-8-16(15)24-17/h5-11,17H,12H2,1-4H3. The second-order valence-corrected chi connectivity index (χ2v) is 6.93. The molecule has 1 aliphatic heterocycles. The number of benzene rings is 1. The topological polar surface area (TPSA) is 60.9 Å². The molecule has 0 fully saturated rings. The van der Waals surface area contributed by atoms with Gasteiger partial charge >= 0.3 is 6.09 Å². The summed E-state index contributed by atoms with van der Waals surface area (Å²) in [7, 11) is 1.69. The summed E-state index contributed by atoms with van der Waals surface area (Å²) in [4.78, 5) is 17.9. The van der Waals surface area contributed by atoms with E-state index in [9.17, 15) is 4.79 Å². The number of ether oxygens (including phenoxy) is 3. The Bertz CT molecular complexity index is 770. The SMILES string of the molecule is CN(CC1Oc2ccccc2Oc2ccncc21)C(=O)OC(C)(C)C. The molecule has 1 atom stereocenters. The van der Waals surface area contributed by atoms with Crippen LogP contribution in [0.25, 0.3) is 0 Å². The van der Waals surface area contributed by atoms with Crippen LogP contribution in [-0.4, -0.2) is 35.2 Å². The number of aromatic nitrogens is 1. The zero-order valence-electron chi connectivity index (χ0n) is 14.9. The molecular formula is C19H22N2O4. The number of rotatable bonds is 2. The third-order valence-corrected chi connectivity index (χ3v) is 3.64. The van der Waals surface area contributed by atoms with Crippen molar-refractivity contribution in [3.63, 3.8) is 0 Å². The fraction of sp³-hybridized carbons (Fsp3) is 0.368. The predicted octanol–water partition coefficient (Wildman–Crippen LogP) is 4.17. The van der Waals surface area contributed by atoms with Gasteiger partial charge in [0.1, 0.15) is 17.5 Å². The minimum atomic E-state index is -0.551. The van der Waals surface area contributed by atoms with Crippen LogP contribution in [0.5, 0.6) is 17.2 Å². The van der Waals surface area contributed by atoms with Gasteiger partial charge in [-0.15, -0.1) is 0 Å². The van der Waals surface area contributed by atoms with Gasteiger partial charge in [0.15, 0.2) is 11.5 Å². The number of carbonyl (C=O) groups excluding carboxylic acids is 1. The van der Waals surface area contributed by atoms with Crippen molar-refractivity contribution in [1.29, 1.82) is 0 Å². The monoisotopic (exact) mass is 342 g/mol. The largest absolute Gasteiger partial charge is 0.480 e. The summed E-state index contributed by atoms with van der Waals surface area (Å²) in [5.41, 5.74) is 0.235. The Morgan fingerprint density at radius 3 is 2.64 bits per heavy atom. The van der Waals surface area contributed by atoms with Crippen molar-refractivity contribution >= 4 is 6.09 Å². The lowest BCUT2D eigenvalue weighted by atomic mass is 10.1. The highest BCUT2D eigenvalue weighted by Gasteiger charge is 2.28. The Hall–Kier alpha value is -2.76. The summed E-state index contributed by atoms with van der Waals surface area (Å²) < 4.78 is 17.5. The molecule has 1 aromatic carbocycles. The maximum atomic E-state index is 12.3. The summed E-state index contributed by atoms with van der Waals surface area (Å²) in [5, 5.41) is 0. The number of nitrogens with zero attached hydrogens (tertiary/aromatic N) is 2. The number of para-hydroxylation sites is 2. The molecule has 1 aliphatic rings. The van der Waals surface area contributed by atoms with Crippen LogP contribution in [-0.2, 0) is 4.74 Å². The predicted molar refractivity (Wildman–Crippen MR) is 93.0 cm³/mol. The highest BCUT2D eigenvalue weighted by Crippen LogP contribution is 2.41. The van der Waals surface area contributed by atoms with Gasteiger partial charge in [-0.05, 0) is 39.0 Å². The maximum absolute atomic E-state index is 12.3. The number of carbonyl (C=O) groups is 1. The third kappa shape index (κ3) is 4.02. The summed E-state index contributed by atoms with van der Waals surface area (Å²) in [6, 6.07) is 9.25. The minimum absolute atomic E-state index is 0.311. The van der Waals surface area contributed by atoms with Crippen LogP contribution in [0.2, 0.25) is 0 Å². The van der Waals surface area contributed by atoms with E-state index in [0.717, 1.165) is 5.56 Å². The molecule has 1 unspecified atom stereocenters. The Labute approximate surface area is 147 Å². The number of hydrogen-bond acceptors (Lipinski definition) is 5. The average molecular weight is 342 g/mol. The van der Waals surface area contributed by atoms with Crippen LogP contribution < -0.4 is 9.47 Å². The van der Waals surface area contributed by atoms with E-state index in [1.807, 2.05) is 45.0 Å². The molecule has 0 bridgehead atoms. The van der Waals surface area contributed by atoms with Crippen LogP contribution in [0.3, 0.4) is 0 Å². The van der Waals surface area contributed by atoms with Gasteiger partial charge in [0, 0.05) is 19.4 Å². The van der Waals surface area contributed by atoms with Gasteiger partial charge < -0.3 is 19.1 Å². The third-order valence-electron chi connectivity index (χ3n) is 3.64. The lowest BCUT2D eigenvalue weighted by molar-refractivity contribution is 0.0227. The molecule has 2 aromatic rings.